The van der Waals surface area contributed by atoms with Gasteiger partial charge < -0.3 is 30.9 Å². The molecule has 9 heteroatoms. The molecule has 2 atom stereocenters. The summed E-state index contributed by atoms with van der Waals surface area (Å²) >= 11 is 5.90. The number of halogens is 3. The number of rotatable bonds is 7. The summed E-state index contributed by atoms with van der Waals surface area (Å²) in [6.07, 6.45) is 1.24. The number of nitrogens with zero attached hydrogens (tertiary/aromatic N) is 1. The first-order valence-electron chi connectivity index (χ1n) is 10.3. The Morgan fingerprint density at radius 3 is 2.69 bits per heavy atom. The Labute approximate surface area is 203 Å². The van der Waals surface area contributed by atoms with E-state index < -0.39 is 11.9 Å². The number of ether oxygens (including phenoxy) is 2. The first-order valence-corrected chi connectivity index (χ1v) is 10.7. The van der Waals surface area contributed by atoms with Gasteiger partial charge in [0.15, 0.2) is 6.54 Å². The highest BCUT2D eigenvalue weighted by Crippen LogP contribution is 2.31. The van der Waals surface area contributed by atoms with E-state index in [4.69, 9.17) is 21.1 Å². The third kappa shape index (κ3) is 6.43. The highest BCUT2D eigenvalue weighted by Gasteiger charge is 2.40. The number of quaternary nitrogens is 1. The largest absolute Gasteiger partial charge is 1.00 e. The molecule has 1 aliphatic heterocycles. The van der Waals surface area contributed by atoms with E-state index in [2.05, 4.69) is 5.32 Å². The quantitative estimate of drug-likeness (QED) is 0.439. The van der Waals surface area contributed by atoms with Crippen molar-refractivity contribution in [3.05, 3.63) is 53.3 Å². The zero-order chi connectivity index (χ0) is 22.4. The lowest BCUT2D eigenvalue weighted by Crippen LogP contribution is -3.00. The van der Waals surface area contributed by atoms with Crippen LogP contribution in [0.2, 0.25) is 5.02 Å². The molecule has 6 nitrogen and oxygen atoms in total. The van der Waals surface area contributed by atoms with Crippen LogP contribution in [0, 0.1) is 5.82 Å². The standard InChI is InChI=1S/C23H26ClFN2O4.BrH/c1-3-30-22(28)14-27(2)12-6-7-17(27)15-31-23(29)26-21-9-5-4-8-18(21)16-10-11-20(25)19(24)13-16;/h4-5,8-11,13,17H,3,6-7,12,14-15H2,1-2H3;1H/t17-,27?;/m0./s1. The molecule has 0 aliphatic carbocycles. The van der Waals surface area contributed by atoms with Crippen molar-refractivity contribution in [1.82, 2.24) is 0 Å². The molecule has 0 saturated carbocycles. The van der Waals surface area contributed by atoms with Crippen molar-refractivity contribution in [2.24, 2.45) is 0 Å². The van der Waals surface area contributed by atoms with Gasteiger partial charge >= 0.3 is 12.1 Å². The van der Waals surface area contributed by atoms with Gasteiger partial charge in [-0.1, -0.05) is 35.9 Å². The molecular weight excluding hydrogens is 503 g/mol. The maximum atomic E-state index is 13.5. The molecule has 0 aromatic heterocycles. The second-order valence-electron chi connectivity index (χ2n) is 7.86. The van der Waals surface area contributed by atoms with Gasteiger partial charge in [-0.05, 0) is 30.7 Å². The summed E-state index contributed by atoms with van der Waals surface area (Å²) in [5, 5.41) is 2.77. The summed E-state index contributed by atoms with van der Waals surface area (Å²) < 4.78 is 24.6. The van der Waals surface area contributed by atoms with Crippen molar-refractivity contribution < 1.29 is 44.9 Å². The number of amides is 1. The summed E-state index contributed by atoms with van der Waals surface area (Å²) in [6.45, 7) is 3.43. The molecule has 3 rings (SSSR count). The van der Waals surface area contributed by atoms with Crippen molar-refractivity contribution >= 4 is 29.4 Å². The predicted octanol–water partition coefficient (Wildman–Crippen LogP) is 1.87. The van der Waals surface area contributed by atoms with Crippen molar-refractivity contribution in [2.45, 2.75) is 25.8 Å². The van der Waals surface area contributed by atoms with Gasteiger partial charge in [-0.3, -0.25) is 5.32 Å². The number of carbonyl (C=O) groups excluding carboxylic acids is 2. The fraction of sp³-hybridized carbons (Fsp3) is 0.391. The van der Waals surface area contributed by atoms with E-state index in [0.717, 1.165) is 19.4 Å². The molecule has 0 bridgehead atoms. The van der Waals surface area contributed by atoms with Crippen molar-refractivity contribution in [3.63, 3.8) is 0 Å². The topological polar surface area (TPSA) is 64.6 Å². The van der Waals surface area contributed by atoms with Crippen LogP contribution in [0.4, 0.5) is 14.9 Å². The minimum atomic E-state index is -0.588. The van der Waals surface area contributed by atoms with Gasteiger partial charge in [0.25, 0.3) is 0 Å². The monoisotopic (exact) mass is 528 g/mol. The Balaban J connectivity index is 0.00000363. The lowest BCUT2D eigenvalue weighted by atomic mass is 10.0. The summed E-state index contributed by atoms with van der Waals surface area (Å²) in [7, 11) is 1.99. The molecule has 1 amide bonds. The number of likely N-dealkylation sites (tertiary alicyclic amines) is 1. The minimum absolute atomic E-state index is 0. The lowest BCUT2D eigenvalue weighted by Gasteiger charge is -2.34. The van der Waals surface area contributed by atoms with Crippen LogP contribution in [0.3, 0.4) is 0 Å². The maximum Gasteiger partial charge on any atom is 0.411 e. The van der Waals surface area contributed by atoms with Crippen LogP contribution in [-0.2, 0) is 14.3 Å². The van der Waals surface area contributed by atoms with Gasteiger partial charge in [0, 0.05) is 18.4 Å². The van der Waals surface area contributed by atoms with Gasteiger partial charge in [0.05, 0.1) is 30.9 Å². The van der Waals surface area contributed by atoms with Gasteiger partial charge in [-0.15, -0.1) is 0 Å². The number of hydrogen-bond donors (Lipinski definition) is 1. The Morgan fingerprint density at radius 2 is 1.97 bits per heavy atom. The Morgan fingerprint density at radius 1 is 1.22 bits per heavy atom. The molecule has 2 aromatic carbocycles. The average molecular weight is 530 g/mol. The molecule has 0 spiro atoms. The van der Waals surface area contributed by atoms with Gasteiger partial charge in [-0.2, -0.15) is 0 Å². The molecule has 0 radical (unpaired) electrons. The summed E-state index contributed by atoms with van der Waals surface area (Å²) in [5.74, 6) is -0.746. The minimum Gasteiger partial charge on any atom is -1.00 e. The third-order valence-corrected chi connectivity index (χ3v) is 5.97. The first kappa shape index (κ1) is 26.1. The average Bonchev–Trinajstić information content (AvgIpc) is 3.09. The highest BCUT2D eigenvalue weighted by molar-refractivity contribution is 6.31. The molecule has 174 valence electrons. The SMILES string of the molecule is CCOC(=O)C[N+]1(C)CCC[C@H]1COC(=O)Nc1ccccc1-c1ccc(F)c(Cl)c1.[Br-]. The molecule has 1 aliphatic rings. The molecule has 1 saturated heterocycles. The second kappa shape index (κ2) is 11.6. The van der Waals surface area contributed by atoms with Crippen molar-refractivity contribution in [2.75, 3.05) is 38.7 Å². The lowest BCUT2D eigenvalue weighted by molar-refractivity contribution is -0.914. The molecule has 1 fully saturated rings. The summed E-state index contributed by atoms with van der Waals surface area (Å²) in [6, 6.07) is 11.6. The molecule has 1 unspecified atom stereocenters. The molecule has 32 heavy (non-hydrogen) atoms. The Kier molecular flexibility index (Phi) is 9.48. The summed E-state index contributed by atoms with van der Waals surface area (Å²) in [5.41, 5.74) is 1.91. The van der Waals surface area contributed by atoms with E-state index >= 15 is 0 Å². The van der Waals surface area contributed by atoms with E-state index in [1.165, 1.54) is 12.1 Å². The van der Waals surface area contributed by atoms with E-state index in [1.807, 2.05) is 19.2 Å². The van der Waals surface area contributed by atoms with Crippen LogP contribution in [-0.4, -0.2) is 55.9 Å². The fourth-order valence-corrected chi connectivity index (χ4v) is 4.16. The predicted molar refractivity (Wildman–Crippen MR) is 117 cm³/mol. The van der Waals surface area contributed by atoms with Crippen LogP contribution in [0.25, 0.3) is 11.1 Å². The van der Waals surface area contributed by atoms with E-state index in [1.54, 1.807) is 25.1 Å². The van der Waals surface area contributed by atoms with E-state index in [9.17, 15) is 14.0 Å². The van der Waals surface area contributed by atoms with E-state index in [-0.39, 0.29) is 47.2 Å². The normalized spacial score (nSPS) is 19.7. The van der Waals surface area contributed by atoms with Crippen molar-refractivity contribution in [1.29, 1.82) is 0 Å². The number of carbonyl (C=O) groups is 2. The van der Waals surface area contributed by atoms with Crippen LogP contribution < -0.4 is 22.3 Å². The molecule has 1 heterocycles. The zero-order valence-corrected chi connectivity index (χ0v) is 20.4. The first-order chi connectivity index (χ1) is 14.8. The number of para-hydroxylation sites is 1. The Bertz CT molecular complexity index is 961. The van der Waals surface area contributed by atoms with Gasteiger partial charge in [0.1, 0.15) is 18.5 Å². The number of nitrogens with one attached hydrogen (secondary N) is 1. The fourth-order valence-electron chi connectivity index (χ4n) is 3.98. The highest BCUT2D eigenvalue weighted by atomic mass is 79.9. The number of anilines is 1. The van der Waals surface area contributed by atoms with Crippen molar-refractivity contribution in [3.8, 4) is 11.1 Å². The molecular formula is C23H27BrClFN2O4. The van der Waals surface area contributed by atoms with Crippen LogP contribution in [0.1, 0.15) is 19.8 Å². The van der Waals surface area contributed by atoms with Crippen LogP contribution >= 0.6 is 11.6 Å². The Hall–Kier alpha value is -2.16. The van der Waals surface area contributed by atoms with Crippen LogP contribution in [0.15, 0.2) is 42.5 Å². The third-order valence-electron chi connectivity index (χ3n) is 5.68. The maximum absolute atomic E-state index is 13.5. The molecule has 2 aromatic rings. The number of esters is 1. The number of likely N-dealkylation sites (N-methyl/N-ethyl adjacent to an activating group) is 1. The smallest absolute Gasteiger partial charge is 0.411 e. The van der Waals surface area contributed by atoms with Gasteiger partial charge in [0.2, 0.25) is 0 Å². The number of hydrogen-bond acceptors (Lipinski definition) is 4. The van der Waals surface area contributed by atoms with Crippen LogP contribution in [0.5, 0.6) is 0 Å². The van der Waals surface area contributed by atoms with Gasteiger partial charge in [-0.25, -0.2) is 14.0 Å². The number of benzene rings is 2. The van der Waals surface area contributed by atoms with E-state index in [0.29, 0.717) is 27.9 Å². The second-order valence-corrected chi connectivity index (χ2v) is 8.27. The summed E-state index contributed by atoms with van der Waals surface area (Å²) in [4.78, 5) is 24.4. The zero-order valence-electron chi connectivity index (χ0n) is 18.1. The molecule has 1 N–H and O–H groups in total.